The van der Waals surface area contributed by atoms with Crippen molar-refractivity contribution in [3.05, 3.63) is 63.9 Å². The highest BCUT2D eigenvalue weighted by atomic mass is 19.2. The van der Waals surface area contributed by atoms with Crippen molar-refractivity contribution in [3.8, 4) is 17.5 Å². The number of aromatic nitrogens is 2. The molecule has 0 bridgehead atoms. The maximum atomic E-state index is 13.3. The number of nitrogens with zero attached hydrogens (tertiary/aromatic N) is 2. The topological polar surface area (TPSA) is 69.5 Å². The van der Waals surface area contributed by atoms with Gasteiger partial charge >= 0.3 is 0 Å². The summed E-state index contributed by atoms with van der Waals surface area (Å²) in [6.07, 6.45) is 0. The number of aromatic amines is 1. The van der Waals surface area contributed by atoms with Crippen LogP contribution in [0.4, 0.5) is 8.78 Å². The molecule has 1 aromatic heterocycles. The van der Waals surface area contributed by atoms with E-state index in [9.17, 15) is 13.6 Å². The van der Waals surface area contributed by atoms with E-state index in [0.717, 1.165) is 12.1 Å². The second kappa shape index (κ2) is 4.80. The zero-order valence-corrected chi connectivity index (χ0v) is 10.5. The van der Waals surface area contributed by atoms with Gasteiger partial charge in [0.1, 0.15) is 5.82 Å². The number of nitriles is 1. The van der Waals surface area contributed by atoms with Crippen molar-refractivity contribution in [3.63, 3.8) is 0 Å². The fraction of sp³-hybridized carbons (Fsp3) is 0. The van der Waals surface area contributed by atoms with Gasteiger partial charge in [-0.25, -0.2) is 13.8 Å². The Bertz CT molecular complexity index is 957. The first-order chi connectivity index (χ1) is 10.1. The molecule has 0 fully saturated rings. The van der Waals surface area contributed by atoms with Crippen LogP contribution in [0.25, 0.3) is 22.3 Å². The summed E-state index contributed by atoms with van der Waals surface area (Å²) in [5.41, 5.74) is 0.174. The van der Waals surface area contributed by atoms with E-state index in [0.29, 0.717) is 11.1 Å². The summed E-state index contributed by atoms with van der Waals surface area (Å²) in [5.74, 6) is -2.06. The van der Waals surface area contributed by atoms with Gasteiger partial charge in [0.05, 0.1) is 22.5 Å². The molecule has 3 rings (SSSR count). The molecular weight excluding hydrogens is 276 g/mol. The Hall–Kier alpha value is -3.07. The Labute approximate surface area is 117 Å². The van der Waals surface area contributed by atoms with Crippen LogP contribution in [0.1, 0.15) is 5.56 Å². The Morgan fingerprint density at radius 1 is 1.14 bits per heavy atom. The van der Waals surface area contributed by atoms with Gasteiger partial charge in [0.2, 0.25) is 0 Å². The molecule has 102 valence electrons. The zero-order chi connectivity index (χ0) is 15.0. The third-order valence-electron chi connectivity index (χ3n) is 3.05. The molecule has 0 radical (unpaired) electrons. The standard InChI is InChI=1S/C15H7F2N3O/c16-11-5-10-13(6-12(11)17)19-14(20-15(10)21)9-4-2-1-3-8(9)7-18/h1-6H,(H,19,20,21). The molecule has 0 aliphatic carbocycles. The molecule has 4 nitrogen and oxygen atoms in total. The van der Waals surface area contributed by atoms with Crippen molar-refractivity contribution in [2.75, 3.05) is 0 Å². The molecule has 2 aromatic carbocycles. The first kappa shape index (κ1) is 12.9. The molecular formula is C15H7F2N3O. The van der Waals surface area contributed by atoms with E-state index >= 15 is 0 Å². The van der Waals surface area contributed by atoms with Crippen LogP contribution in [0.5, 0.6) is 0 Å². The molecule has 21 heavy (non-hydrogen) atoms. The van der Waals surface area contributed by atoms with Crippen LogP contribution in [-0.4, -0.2) is 9.97 Å². The van der Waals surface area contributed by atoms with E-state index < -0.39 is 17.2 Å². The highest BCUT2D eigenvalue weighted by Gasteiger charge is 2.12. The predicted molar refractivity (Wildman–Crippen MR) is 72.4 cm³/mol. The van der Waals surface area contributed by atoms with Gasteiger partial charge in [-0.1, -0.05) is 12.1 Å². The molecule has 0 saturated carbocycles. The van der Waals surface area contributed by atoms with Crippen molar-refractivity contribution in [2.24, 2.45) is 0 Å². The number of nitrogens with one attached hydrogen (secondary N) is 1. The molecule has 0 amide bonds. The number of hydrogen-bond acceptors (Lipinski definition) is 3. The van der Waals surface area contributed by atoms with Crippen molar-refractivity contribution in [2.45, 2.75) is 0 Å². The lowest BCUT2D eigenvalue weighted by Gasteiger charge is -2.05. The molecule has 0 aliphatic rings. The maximum Gasteiger partial charge on any atom is 0.259 e. The van der Waals surface area contributed by atoms with Gasteiger partial charge in [-0.05, 0) is 18.2 Å². The molecule has 0 unspecified atom stereocenters. The lowest BCUT2D eigenvalue weighted by Crippen LogP contribution is -2.10. The maximum absolute atomic E-state index is 13.3. The minimum Gasteiger partial charge on any atom is -0.306 e. The fourth-order valence-corrected chi connectivity index (χ4v) is 2.05. The van der Waals surface area contributed by atoms with E-state index in [4.69, 9.17) is 5.26 Å². The summed E-state index contributed by atoms with van der Waals surface area (Å²) >= 11 is 0. The normalized spacial score (nSPS) is 10.5. The number of fused-ring (bicyclic) bond motifs is 1. The zero-order valence-electron chi connectivity index (χ0n) is 10.5. The molecule has 0 saturated heterocycles. The second-order valence-electron chi connectivity index (χ2n) is 4.36. The Morgan fingerprint density at radius 2 is 1.86 bits per heavy atom. The summed E-state index contributed by atoms with van der Waals surface area (Å²) in [6.45, 7) is 0. The predicted octanol–water partition coefficient (Wildman–Crippen LogP) is 2.74. The fourth-order valence-electron chi connectivity index (χ4n) is 2.05. The van der Waals surface area contributed by atoms with Gasteiger partial charge in [0.25, 0.3) is 5.56 Å². The summed E-state index contributed by atoms with van der Waals surface area (Å²) in [4.78, 5) is 18.6. The Morgan fingerprint density at radius 3 is 2.62 bits per heavy atom. The van der Waals surface area contributed by atoms with Crippen LogP contribution in [-0.2, 0) is 0 Å². The van der Waals surface area contributed by atoms with Gasteiger partial charge in [0, 0.05) is 11.6 Å². The van der Waals surface area contributed by atoms with Crippen LogP contribution in [0.3, 0.4) is 0 Å². The first-order valence-electron chi connectivity index (χ1n) is 5.98. The number of hydrogen-bond donors (Lipinski definition) is 1. The van der Waals surface area contributed by atoms with Gasteiger partial charge in [-0.3, -0.25) is 4.79 Å². The van der Waals surface area contributed by atoms with Crippen molar-refractivity contribution in [1.29, 1.82) is 5.26 Å². The molecule has 1 heterocycles. The Balaban J connectivity index is 2.33. The quantitative estimate of drug-likeness (QED) is 0.746. The lowest BCUT2D eigenvalue weighted by molar-refractivity contribution is 0.510. The van der Waals surface area contributed by atoms with E-state index in [1.165, 1.54) is 0 Å². The molecule has 0 atom stereocenters. The van der Waals surface area contributed by atoms with Crippen molar-refractivity contribution >= 4 is 10.9 Å². The molecule has 3 aromatic rings. The monoisotopic (exact) mass is 283 g/mol. The summed E-state index contributed by atoms with van der Waals surface area (Å²) < 4.78 is 26.5. The number of benzene rings is 2. The summed E-state index contributed by atoms with van der Waals surface area (Å²) in [6, 6.07) is 10.2. The molecule has 6 heteroatoms. The number of halogens is 2. The summed E-state index contributed by atoms with van der Waals surface area (Å²) in [7, 11) is 0. The average Bonchev–Trinajstić information content (AvgIpc) is 2.49. The molecule has 0 aliphatic heterocycles. The van der Waals surface area contributed by atoms with Gasteiger partial charge in [0.15, 0.2) is 11.6 Å². The largest absolute Gasteiger partial charge is 0.306 e. The lowest BCUT2D eigenvalue weighted by atomic mass is 10.1. The van der Waals surface area contributed by atoms with Crippen molar-refractivity contribution in [1.82, 2.24) is 9.97 Å². The minimum atomic E-state index is -1.11. The average molecular weight is 283 g/mol. The van der Waals surface area contributed by atoms with Crippen LogP contribution in [0, 0.1) is 23.0 Å². The first-order valence-corrected chi connectivity index (χ1v) is 5.98. The highest BCUT2D eigenvalue weighted by molar-refractivity contribution is 5.80. The molecule has 0 spiro atoms. The summed E-state index contributed by atoms with van der Waals surface area (Å²) in [5, 5.41) is 9.01. The van der Waals surface area contributed by atoms with Crippen LogP contribution < -0.4 is 5.56 Å². The van der Waals surface area contributed by atoms with Gasteiger partial charge < -0.3 is 4.98 Å². The second-order valence-corrected chi connectivity index (χ2v) is 4.36. The third-order valence-corrected chi connectivity index (χ3v) is 3.05. The Kier molecular flexibility index (Phi) is 2.95. The number of H-pyrrole nitrogens is 1. The smallest absolute Gasteiger partial charge is 0.259 e. The third kappa shape index (κ3) is 2.15. The van der Waals surface area contributed by atoms with Crippen LogP contribution in [0.15, 0.2) is 41.2 Å². The molecule has 1 N–H and O–H groups in total. The number of rotatable bonds is 1. The van der Waals surface area contributed by atoms with E-state index in [1.807, 2.05) is 6.07 Å². The van der Waals surface area contributed by atoms with Gasteiger partial charge in [-0.15, -0.1) is 0 Å². The minimum absolute atomic E-state index is 0.0281. The van der Waals surface area contributed by atoms with Crippen LogP contribution >= 0.6 is 0 Å². The van der Waals surface area contributed by atoms with Crippen LogP contribution in [0.2, 0.25) is 0 Å². The van der Waals surface area contributed by atoms with E-state index in [2.05, 4.69) is 9.97 Å². The highest BCUT2D eigenvalue weighted by Crippen LogP contribution is 2.21. The van der Waals surface area contributed by atoms with E-state index in [1.54, 1.807) is 24.3 Å². The van der Waals surface area contributed by atoms with Gasteiger partial charge in [-0.2, -0.15) is 5.26 Å². The van der Waals surface area contributed by atoms with E-state index in [-0.39, 0.29) is 16.7 Å². The van der Waals surface area contributed by atoms with Crippen molar-refractivity contribution < 1.29 is 8.78 Å². The SMILES string of the molecule is N#Cc1ccccc1-c1nc2cc(F)c(F)cc2c(=O)[nH]1.